The van der Waals surface area contributed by atoms with Crippen molar-refractivity contribution >= 4 is 34.2 Å². The van der Waals surface area contributed by atoms with E-state index in [4.69, 9.17) is 21.3 Å². The Labute approximate surface area is 218 Å². The summed E-state index contributed by atoms with van der Waals surface area (Å²) in [7, 11) is 1.78. The zero-order chi connectivity index (χ0) is 26.2. The lowest BCUT2D eigenvalue weighted by molar-refractivity contribution is 0.165. The number of anilines is 1. The highest BCUT2D eigenvalue weighted by Gasteiger charge is 2.19. The highest BCUT2D eigenvalue weighted by Crippen LogP contribution is 2.33. The zero-order valence-electron chi connectivity index (χ0n) is 21.7. The standard InChI is InChI=1S/C28H34ClN5O2/c1-7-14-34(10-4)25-15-20(5)31-27-22(25)12-11-13-26(27)36-19-23-21(16-30-17-24(23)29)18-32(6)28(35)33(8-2)9-3/h7,10-17H,4,8-9,18-19H2,1-3,5-6H3/b14-7-. The number of carbonyl (C=O) groups excluding carboxylic acids is 1. The number of ether oxygens (including phenoxy) is 1. The number of rotatable bonds is 10. The van der Waals surface area contributed by atoms with Crippen LogP contribution >= 0.6 is 11.6 Å². The van der Waals surface area contributed by atoms with Gasteiger partial charge in [-0.2, -0.15) is 0 Å². The van der Waals surface area contributed by atoms with Crippen molar-refractivity contribution in [1.29, 1.82) is 0 Å². The highest BCUT2D eigenvalue weighted by molar-refractivity contribution is 6.31. The number of aryl methyl sites for hydroxylation is 1. The number of aromatic nitrogens is 2. The summed E-state index contributed by atoms with van der Waals surface area (Å²) in [5.74, 6) is 0.647. The van der Waals surface area contributed by atoms with E-state index in [1.165, 1.54) is 0 Å². The Kier molecular flexibility index (Phi) is 9.31. The van der Waals surface area contributed by atoms with Crippen LogP contribution in [0.4, 0.5) is 10.5 Å². The summed E-state index contributed by atoms with van der Waals surface area (Å²) in [4.78, 5) is 27.2. The predicted octanol–water partition coefficient (Wildman–Crippen LogP) is 6.55. The number of benzene rings is 1. The Morgan fingerprint density at radius 3 is 2.64 bits per heavy atom. The number of fused-ring (bicyclic) bond motifs is 1. The third-order valence-corrected chi connectivity index (χ3v) is 6.25. The fourth-order valence-electron chi connectivity index (χ4n) is 4.07. The summed E-state index contributed by atoms with van der Waals surface area (Å²) in [5.41, 5.74) is 4.21. The summed E-state index contributed by atoms with van der Waals surface area (Å²) in [6.45, 7) is 13.7. The molecule has 0 aliphatic rings. The maximum Gasteiger partial charge on any atom is 0.320 e. The number of halogens is 1. The number of para-hydroxylation sites is 1. The average Bonchev–Trinajstić information content (AvgIpc) is 2.87. The molecule has 2 heterocycles. The van der Waals surface area contributed by atoms with Gasteiger partial charge in [0.1, 0.15) is 17.9 Å². The summed E-state index contributed by atoms with van der Waals surface area (Å²) >= 11 is 6.54. The molecule has 0 fully saturated rings. The van der Waals surface area contributed by atoms with Crippen molar-refractivity contribution in [2.45, 2.75) is 40.8 Å². The molecule has 0 saturated carbocycles. The number of nitrogens with zero attached hydrogens (tertiary/aromatic N) is 5. The van der Waals surface area contributed by atoms with Gasteiger partial charge in [0.15, 0.2) is 0 Å². The maximum absolute atomic E-state index is 12.8. The van der Waals surface area contributed by atoms with Gasteiger partial charge in [0.2, 0.25) is 0 Å². The summed E-state index contributed by atoms with van der Waals surface area (Å²) in [6.07, 6.45) is 9.00. The Morgan fingerprint density at radius 2 is 1.97 bits per heavy atom. The third kappa shape index (κ3) is 5.97. The first-order valence-corrected chi connectivity index (χ1v) is 12.4. The van der Waals surface area contributed by atoms with Gasteiger partial charge in [0.05, 0.1) is 10.7 Å². The van der Waals surface area contributed by atoms with E-state index in [9.17, 15) is 4.79 Å². The highest BCUT2D eigenvalue weighted by atomic mass is 35.5. The second-order valence-corrected chi connectivity index (χ2v) is 8.77. The number of hydrogen-bond donors (Lipinski definition) is 0. The van der Waals surface area contributed by atoms with Crippen LogP contribution in [0.5, 0.6) is 5.75 Å². The lowest BCUT2D eigenvalue weighted by Gasteiger charge is -2.27. The molecule has 0 aliphatic heterocycles. The normalized spacial score (nSPS) is 11.1. The summed E-state index contributed by atoms with van der Waals surface area (Å²) in [6, 6.07) is 7.84. The lowest BCUT2D eigenvalue weighted by Crippen LogP contribution is -2.40. The van der Waals surface area contributed by atoms with E-state index in [1.807, 2.05) is 69.1 Å². The first-order chi connectivity index (χ1) is 17.3. The molecule has 1 aromatic carbocycles. The molecule has 36 heavy (non-hydrogen) atoms. The molecule has 0 atom stereocenters. The predicted molar refractivity (Wildman–Crippen MR) is 147 cm³/mol. The average molecular weight is 508 g/mol. The molecule has 0 aliphatic carbocycles. The topological polar surface area (TPSA) is 61.8 Å². The molecular formula is C28H34ClN5O2. The molecule has 0 N–H and O–H groups in total. The Morgan fingerprint density at radius 1 is 1.22 bits per heavy atom. The zero-order valence-corrected chi connectivity index (χ0v) is 22.4. The van der Waals surface area contributed by atoms with E-state index >= 15 is 0 Å². The van der Waals surface area contributed by atoms with Crippen LogP contribution in [0, 0.1) is 6.92 Å². The largest absolute Gasteiger partial charge is 0.487 e. The van der Waals surface area contributed by atoms with Gasteiger partial charge >= 0.3 is 6.03 Å². The second-order valence-electron chi connectivity index (χ2n) is 8.37. The fraction of sp³-hybridized carbons (Fsp3) is 0.321. The molecule has 3 aromatic rings. The molecule has 2 amide bonds. The van der Waals surface area contributed by atoms with Crippen LogP contribution in [0.1, 0.15) is 37.6 Å². The molecule has 0 unspecified atom stereocenters. The van der Waals surface area contributed by atoms with E-state index in [0.717, 1.165) is 33.4 Å². The van der Waals surface area contributed by atoms with Crippen molar-refractivity contribution in [3.8, 4) is 5.75 Å². The van der Waals surface area contributed by atoms with E-state index in [1.54, 1.807) is 35.4 Å². The molecule has 0 radical (unpaired) electrons. The Balaban J connectivity index is 1.93. The molecule has 2 aromatic heterocycles. The molecule has 190 valence electrons. The van der Waals surface area contributed by atoms with E-state index in [-0.39, 0.29) is 12.6 Å². The van der Waals surface area contributed by atoms with Crippen molar-refractivity contribution in [2.24, 2.45) is 0 Å². The maximum atomic E-state index is 12.8. The molecule has 0 bridgehead atoms. The summed E-state index contributed by atoms with van der Waals surface area (Å²) in [5, 5.41) is 1.44. The number of allylic oxidation sites excluding steroid dienone is 1. The van der Waals surface area contributed by atoms with Crippen molar-refractivity contribution in [3.63, 3.8) is 0 Å². The van der Waals surface area contributed by atoms with E-state index in [2.05, 4.69) is 11.6 Å². The van der Waals surface area contributed by atoms with Gasteiger partial charge in [-0.3, -0.25) is 4.98 Å². The number of urea groups is 1. The van der Waals surface area contributed by atoms with Crippen LogP contribution in [0.25, 0.3) is 10.9 Å². The minimum atomic E-state index is -0.0407. The number of hydrogen-bond acceptors (Lipinski definition) is 5. The first-order valence-electron chi connectivity index (χ1n) is 12.0. The number of amides is 2. The van der Waals surface area contributed by atoms with Crippen molar-refractivity contribution < 1.29 is 9.53 Å². The van der Waals surface area contributed by atoms with Gasteiger partial charge < -0.3 is 19.4 Å². The van der Waals surface area contributed by atoms with Crippen molar-refractivity contribution in [2.75, 3.05) is 25.0 Å². The quantitative estimate of drug-likeness (QED) is 0.311. The van der Waals surface area contributed by atoms with Crippen LogP contribution in [-0.2, 0) is 13.2 Å². The molecule has 0 saturated heterocycles. The molecular weight excluding hydrogens is 474 g/mol. The Hall–Kier alpha value is -3.58. The molecule has 8 heteroatoms. The van der Waals surface area contributed by atoms with Gasteiger partial charge in [0, 0.05) is 68.1 Å². The summed E-state index contributed by atoms with van der Waals surface area (Å²) < 4.78 is 6.29. The third-order valence-electron chi connectivity index (χ3n) is 5.93. The van der Waals surface area contributed by atoms with Gasteiger partial charge in [-0.05, 0) is 45.4 Å². The van der Waals surface area contributed by atoms with Crippen LogP contribution in [0.2, 0.25) is 5.02 Å². The fourth-order valence-corrected chi connectivity index (χ4v) is 4.30. The Bertz CT molecular complexity index is 1260. The SMILES string of the molecule is C=CN(/C=C\C)c1cc(C)nc2c(OCc3c(Cl)cncc3CN(C)C(=O)N(CC)CC)cccc12. The molecule has 7 nitrogen and oxygen atoms in total. The van der Waals surface area contributed by atoms with E-state index in [0.29, 0.717) is 30.4 Å². The van der Waals surface area contributed by atoms with Gasteiger partial charge in [-0.25, -0.2) is 9.78 Å². The van der Waals surface area contributed by atoms with Gasteiger partial charge in [-0.1, -0.05) is 36.4 Å². The van der Waals surface area contributed by atoms with Gasteiger partial charge in [-0.15, -0.1) is 0 Å². The van der Waals surface area contributed by atoms with E-state index < -0.39 is 0 Å². The first kappa shape index (κ1) is 27.0. The monoisotopic (exact) mass is 507 g/mol. The molecule has 3 rings (SSSR count). The minimum absolute atomic E-state index is 0.0407. The van der Waals surface area contributed by atoms with Crippen molar-refractivity contribution in [3.05, 3.63) is 83.6 Å². The van der Waals surface area contributed by atoms with Crippen molar-refractivity contribution in [1.82, 2.24) is 19.8 Å². The van der Waals surface area contributed by atoms with Crippen LogP contribution in [0.15, 0.2) is 61.7 Å². The van der Waals surface area contributed by atoms with Gasteiger partial charge in [0.25, 0.3) is 0 Å². The minimum Gasteiger partial charge on any atom is -0.487 e. The van der Waals surface area contributed by atoms with Crippen LogP contribution in [-0.4, -0.2) is 45.9 Å². The number of carbonyl (C=O) groups is 1. The lowest BCUT2D eigenvalue weighted by atomic mass is 10.1. The molecule has 0 spiro atoms. The second kappa shape index (κ2) is 12.4. The smallest absolute Gasteiger partial charge is 0.320 e. The van der Waals surface area contributed by atoms with Crippen LogP contribution < -0.4 is 9.64 Å². The van der Waals surface area contributed by atoms with Crippen LogP contribution in [0.3, 0.4) is 0 Å². The number of pyridine rings is 2.